The number of carboxylic acid groups (broad SMARTS) is 2. The Kier molecular flexibility index (Phi) is 9.15. The predicted octanol–water partition coefficient (Wildman–Crippen LogP) is 2.74. The van der Waals surface area contributed by atoms with Crippen molar-refractivity contribution in [1.82, 2.24) is 10.6 Å². The van der Waals surface area contributed by atoms with E-state index in [1.54, 1.807) is 36.4 Å². The second-order valence-electron chi connectivity index (χ2n) is 8.17. The number of nitrogens with one attached hydrogen (secondary N) is 2. The van der Waals surface area contributed by atoms with E-state index in [-0.39, 0.29) is 52.9 Å². The number of hydrogen-bond acceptors (Lipinski definition) is 6. The molecule has 0 fully saturated rings. The Morgan fingerprint density at radius 1 is 1.00 bits per heavy atom. The van der Waals surface area contributed by atoms with E-state index in [0.29, 0.717) is 5.56 Å². The lowest BCUT2D eigenvalue weighted by atomic mass is 9.75. The number of rotatable bonds is 10. The Morgan fingerprint density at radius 3 is 2.22 bits per heavy atom. The lowest BCUT2D eigenvalue weighted by molar-refractivity contribution is -0.140. The normalized spacial score (nSPS) is 17.1. The van der Waals surface area contributed by atoms with E-state index in [0.717, 1.165) is 0 Å². The molecule has 4 N–H and O–H groups in total. The first kappa shape index (κ1) is 27.6. The minimum Gasteiger partial charge on any atom is -0.481 e. The Hall–Kier alpha value is -4.02. The van der Waals surface area contributed by atoms with Crippen molar-refractivity contribution in [3.05, 3.63) is 81.5 Å². The van der Waals surface area contributed by atoms with Crippen molar-refractivity contribution in [2.75, 3.05) is 26.8 Å². The molecule has 10 nitrogen and oxygen atoms in total. The van der Waals surface area contributed by atoms with Crippen LogP contribution in [0.4, 0.5) is 0 Å². The number of ether oxygens (including phenoxy) is 1. The Balaban J connectivity index is 1.75. The third-order valence-corrected chi connectivity index (χ3v) is 6.21. The molecule has 2 aromatic carbocycles. The Labute approximate surface area is 218 Å². The van der Waals surface area contributed by atoms with E-state index < -0.39 is 35.6 Å². The van der Waals surface area contributed by atoms with Gasteiger partial charge in [-0.15, -0.1) is 0 Å². The molecule has 0 saturated carbocycles. The van der Waals surface area contributed by atoms with Gasteiger partial charge < -0.3 is 25.6 Å². The number of halogens is 1. The molecule has 194 valence electrons. The van der Waals surface area contributed by atoms with Crippen LogP contribution < -0.4 is 10.6 Å². The van der Waals surface area contributed by atoms with Crippen LogP contribution in [0.25, 0.3) is 0 Å². The van der Waals surface area contributed by atoms with Gasteiger partial charge in [0.1, 0.15) is 5.92 Å². The monoisotopic (exact) mass is 527 g/mol. The lowest BCUT2D eigenvalue weighted by Gasteiger charge is -2.30. The van der Waals surface area contributed by atoms with Crippen molar-refractivity contribution in [3.8, 4) is 0 Å². The summed E-state index contributed by atoms with van der Waals surface area (Å²) in [4.78, 5) is 53.1. The van der Waals surface area contributed by atoms with Crippen LogP contribution in [0.1, 0.15) is 39.1 Å². The molecule has 0 aromatic heterocycles. The van der Waals surface area contributed by atoms with Gasteiger partial charge in [0.05, 0.1) is 35.6 Å². The van der Waals surface area contributed by atoms with E-state index in [1.807, 2.05) is 0 Å². The standard InChI is InChI=1S/C26H26ClN3O7/c1-14-20(25(33)34)21(17-9-5-6-10-18(17)27)22(26(35)36)19(30-14)13-37-12-11-29-24(32)16-8-4-3-7-15(16)23(31)28-2/h3-10,20-21H,11-13H2,1-2H3,(H,28,31)(H,29,32)(H,33,34)(H,35,36). The number of amides is 2. The molecule has 0 radical (unpaired) electrons. The predicted molar refractivity (Wildman–Crippen MR) is 136 cm³/mol. The number of hydrogen-bond donors (Lipinski definition) is 4. The van der Waals surface area contributed by atoms with E-state index in [9.17, 15) is 29.4 Å². The van der Waals surface area contributed by atoms with Gasteiger partial charge in [0.25, 0.3) is 11.8 Å². The zero-order chi connectivity index (χ0) is 27.1. The van der Waals surface area contributed by atoms with Gasteiger partial charge in [0.2, 0.25) is 0 Å². The molecule has 0 saturated heterocycles. The van der Waals surface area contributed by atoms with E-state index >= 15 is 0 Å². The highest BCUT2D eigenvalue weighted by molar-refractivity contribution is 6.31. The topological polar surface area (TPSA) is 154 Å². The van der Waals surface area contributed by atoms with Gasteiger partial charge in [-0.25, -0.2) is 4.79 Å². The largest absolute Gasteiger partial charge is 0.481 e. The van der Waals surface area contributed by atoms with Crippen LogP contribution in [0.3, 0.4) is 0 Å². The van der Waals surface area contributed by atoms with Crippen molar-refractivity contribution in [2.24, 2.45) is 10.9 Å². The van der Waals surface area contributed by atoms with Crippen molar-refractivity contribution < 1.29 is 34.1 Å². The first-order valence-corrected chi connectivity index (χ1v) is 11.7. The molecule has 2 aromatic rings. The number of carbonyl (C=O) groups excluding carboxylic acids is 2. The zero-order valence-electron chi connectivity index (χ0n) is 20.2. The van der Waals surface area contributed by atoms with Gasteiger partial charge in [-0.05, 0) is 30.7 Å². The summed E-state index contributed by atoms with van der Waals surface area (Å²) in [5.41, 5.74) is 0.874. The van der Waals surface area contributed by atoms with Gasteiger partial charge in [0.15, 0.2) is 0 Å². The fraction of sp³-hybridized carbons (Fsp3) is 0.269. The Morgan fingerprint density at radius 2 is 1.62 bits per heavy atom. The maximum Gasteiger partial charge on any atom is 0.334 e. The van der Waals surface area contributed by atoms with E-state index in [4.69, 9.17) is 16.3 Å². The molecule has 0 aliphatic carbocycles. The van der Waals surface area contributed by atoms with Gasteiger partial charge in [-0.2, -0.15) is 0 Å². The van der Waals surface area contributed by atoms with Gasteiger partial charge in [0, 0.05) is 30.2 Å². The molecule has 0 spiro atoms. The number of carbonyl (C=O) groups is 4. The number of aliphatic imine (C=N–C) groups is 1. The molecule has 11 heteroatoms. The van der Waals surface area contributed by atoms with Crippen molar-refractivity contribution in [3.63, 3.8) is 0 Å². The smallest absolute Gasteiger partial charge is 0.334 e. The Bertz CT molecular complexity index is 1290. The third-order valence-electron chi connectivity index (χ3n) is 5.87. The van der Waals surface area contributed by atoms with Crippen LogP contribution in [0.15, 0.2) is 64.8 Å². The first-order valence-electron chi connectivity index (χ1n) is 11.3. The summed E-state index contributed by atoms with van der Waals surface area (Å²) in [5, 5.41) is 25.2. The minimum atomic E-state index is -1.33. The van der Waals surface area contributed by atoms with Crippen LogP contribution in [0.2, 0.25) is 5.02 Å². The van der Waals surface area contributed by atoms with Crippen LogP contribution in [-0.2, 0) is 14.3 Å². The molecule has 2 amide bonds. The van der Waals surface area contributed by atoms with Crippen molar-refractivity contribution in [1.29, 1.82) is 0 Å². The summed E-state index contributed by atoms with van der Waals surface area (Å²) in [5.74, 6) is -5.69. The molecule has 1 aliphatic heterocycles. The van der Waals surface area contributed by atoms with Crippen LogP contribution in [0, 0.1) is 5.92 Å². The maximum atomic E-state index is 12.5. The second-order valence-corrected chi connectivity index (χ2v) is 8.57. The van der Waals surface area contributed by atoms with Gasteiger partial charge >= 0.3 is 11.9 Å². The van der Waals surface area contributed by atoms with Crippen LogP contribution in [0.5, 0.6) is 0 Å². The molecule has 37 heavy (non-hydrogen) atoms. The number of benzene rings is 2. The summed E-state index contributed by atoms with van der Waals surface area (Å²) >= 11 is 6.31. The van der Waals surface area contributed by atoms with Crippen LogP contribution >= 0.6 is 11.6 Å². The third kappa shape index (κ3) is 6.22. The highest BCUT2D eigenvalue weighted by atomic mass is 35.5. The zero-order valence-corrected chi connectivity index (χ0v) is 20.9. The summed E-state index contributed by atoms with van der Waals surface area (Å²) < 4.78 is 5.59. The highest BCUT2D eigenvalue weighted by Gasteiger charge is 2.42. The van der Waals surface area contributed by atoms with Crippen LogP contribution in [-0.4, -0.2) is 66.5 Å². The molecule has 1 heterocycles. The first-order chi connectivity index (χ1) is 17.7. The number of aliphatic carboxylic acids is 2. The average Bonchev–Trinajstić information content (AvgIpc) is 2.87. The number of carboxylic acids is 2. The lowest BCUT2D eigenvalue weighted by Crippen LogP contribution is -2.36. The second kappa shape index (κ2) is 12.3. The number of nitrogens with zero attached hydrogens (tertiary/aromatic N) is 1. The van der Waals surface area contributed by atoms with E-state index in [1.165, 1.54) is 26.1 Å². The molecule has 2 unspecified atom stereocenters. The van der Waals surface area contributed by atoms with Crippen molar-refractivity contribution >= 4 is 41.1 Å². The molecular weight excluding hydrogens is 502 g/mol. The van der Waals surface area contributed by atoms with Crippen molar-refractivity contribution in [2.45, 2.75) is 12.8 Å². The fourth-order valence-corrected chi connectivity index (χ4v) is 4.45. The fourth-order valence-electron chi connectivity index (χ4n) is 4.19. The maximum absolute atomic E-state index is 12.5. The average molecular weight is 528 g/mol. The summed E-state index contributed by atoms with van der Waals surface area (Å²) in [6.45, 7) is 1.38. The molecular formula is C26H26ClN3O7. The van der Waals surface area contributed by atoms with E-state index in [2.05, 4.69) is 15.6 Å². The molecule has 2 atom stereocenters. The SMILES string of the molecule is CNC(=O)c1ccccc1C(=O)NCCOCC1=C(C(=O)O)C(c2ccccc2Cl)C(C(=O)O)C(C)=N1. The minimum absolute atomic E-state index is 0.0119. The quantitative estimate of drug-likeness (QED) is 0.346. The molecule has 0 bridgehead atoms. The molecule has 1 aliphatic rings. The molecule has 3 rings (SSSR count). The summed E-state index contributed by atoms with van der Waals surface area (Å²) in [6, 6.07) is 12.8. The van der Waals surface area contributed by atoms with Gasteiger partial charge in [-0.3, -0.25) is 19.4 Å². The van der Waals surface area contributed by atoms with Gasteiger partial charge in [-0.1, -0.05) is 41.9 Å². The summed E-state index contributed by atoms with van der Waals surface area (Å²) in [6.07, 6.45) is 0. The summed E-state index contributed by atoms with van der Waals surface area (Å²) in [7, 11) is 1.47. The highest BCUT2D eigenvalue weighted by Crippen LogP contribution is 2.41.